The van der Waals surface area contributed by atoms with Gasteiger partial charge in [0.1, 0.15) is 0 Å². The van der Waals surface area contributed by atoms with Crippen LogP contribution in [-0.2, 0) is 14.2 Å². The molecule has 0 spiro atoms. The van der Waals surface area contributed by atoms with Crippen molar-refractivity contribution in [2.24, 2.45) is 5.11 Å². The van der Waals surface area contributed by atoms with Crippen molar-refractivity contribution in [2.45, 2.75) is 0 Å². The van der Waals surface area contributed by atoms with E-state index in [1.54, 1.807) is 0 Å². The number of hydrogen-bond donors (Lipinski definition) is 1. The predicted octanol–water partition coefficient (Wildman–Crippen LogP) is 0.956. The minimum Gasteiger partial charge on any atom is -0.465 e. The fourth-order valence-corrected chi connectivity index (χ4v) is 0.989. The maximum Gasteiger partial charge on any atom is 0.407 e. The highest BCUT2D eigenvalue weighted by Gasteiger charge is 2.03. The maximum absolute atomic E-state index is 10.4. The number of carboxylic acid groups (broad SMARTS) is 1. The van der Waals surface area contributed by atoms with Gasteiger partial charge in [-0.15, -0.1) is 0 Å². The summed E-state index contributed by atoms with van der Waals surface area (Å²) in [4.78, 5) is 14.2. The Morgan fingerprint density at radius 1 is 1.16 bits per heavy atom. The minimum atomic E-state index is -0.974. The molecule has 0 radical (unpaired) electrons. The number of nitrogens with zero attached hydrogens (tertiary/aromatic N) is 4. The van der Waals surface area contributed by atoms with Crippen molar-refractivity contribution >= 4 is 6.09 Å². The molecule has 9 heteroatoms. The van der Waals surface area contributed by atoms with E-state index in [9.17, 15) is 4.79 Å². The summed E-state index contributed by atoms with van der Waals surface area (Å²) >= 11 is 0. The fraction of sp³-hybridized carbons (Fsp3) is 0.900. The van der Waals surface area contributed by atoms with Crippen LogP contribution in [0.15, 0.2) is 5.11 Å². The first-order chi connectivity index (χ1) is 9.18. The van der Waals surface area contributed by atoms with E-state index >= 15 is 0 Å². The molecule has 19 heavy (non-hydrogen) atoms. The molecule has 0 aliphatic heterocycles. The molecular formula is C10H20N4O5. The van der Waals surface area contributed by atoms with E-state index in [0.717, 1.165) is 4.90 Å². The Balaban J connectivity index is 3.10. The molecule has 0 aromatic heterocycles. The number of carbonyl (C=O) groups is 1. The van der Waals surface area contributed by atoms with Gasteiger partial charge in [0.25, 0.3) is 0 Å². The van der Waals surface area contributed by atoms with Crippen LogP contribution < -0.4 is 0 Å². The summed E-state index contributed by atoms with van der Waals surface area (Å²) in [7, 11) is 1.48. The van der Waals surface area contributed by atoms with Crippen LogP contribution in [0.5, 0.6) is 0 Å². The molecule has 0 aliphatic carbocycles. The quantitative estimate of drug-likeness (QED) is 0.246. The molecule has 1 amide bonds. The van der Waals surface area contributed by atoms with Gasteiger partial charge < -0.3 is 24.2 Å². The Hall–Kier alpha value is -1.54. The highest BCUT2D eigenvalue weighted by Crippen LogP contribution is 1.86. The number of hydrogen-bond acceptors (Lipinski definition) is 5. The summed E-state index contributed by atoms with van der Waals surface area (Å²) in [6, 6.07) is 0. The van der Waals surface area contributed by atoms with Gasteiger partial charge >= 0.3 is 6.09 Å². The molecule has 0 aliphatic rings. The topological polar surface area (TPSA) is 117 Å². The highest BCUT2D eigenvalue weighted by molar-refractivity contribution is 5.64. The molecule has 9 nitrogen and oxygen atoms in total. The van der Waals surface area contributed by atoms with Crippen LogP contribution in [0.3, 0.4) is 0 Å². The largest absolute Gasteiger partial charge is 0.465 e. The standard InChI is InChI=1S/C10H20N4O5/c1-14(10(15)16)3-5-18-7-9-19-8-6-17-4-2-12-13-11/h2-9H2,1H3,(H,15,16). The first-order valence-electron chi connectivity index (χ1n) is 5.86. The van der Waals surface area contributed by atoms with E-state index < -0.39 is 6.09 Å². The Morgan fingerprint density at radius 2 is 1.68 bits per heavy atom. The van der Waals surface area contributed by atoms with Crippen LogP contribution in [0.1, 0.15) is 0 Å². The second kappa shape index (κ2) is 12.9. The molecule has 0 unspecified atom stereocenters. The summed E-state index contributed by atoms with van der Waals surface area (Å²) in [5, 5.41) is 11.9. The van der Waals surface area contributed by atoms with E-state index in [2.05, 4.69) is 10.0 Å². The molecule has 0 aromatic rings. The van der Waals surface area contributed by atoms with Crippen LogP contribution in [0, 0.1) is 0 Å². The van der Waals surface area contributed by atoms with Crippen molar-refractivity contribution in [1.82, 2.24) is 4.90 Å². The van der Waals surface area contributed by atoms with Gasteiger partial charge in [-0.05, 0) is 5.53 Å². The van der Waals surface area contributed by atoms with Crippen molar-refractivity contribution < 1.29 is 24.1 Å². The lowest BCUT2D eigenvalue weighted by Gasteiger charge is -2.12. The van der Waals surface area contributed by atoms with Crippen LogP contribution in [0.25, 0.3) is 10.4 Å². The number of likely N-dealkylation sites (N-methyl/N-ethyl adjacent to an activating group) is 1. The van der Waals surface area contributed by atoms with Crippen molar-refractivity contribution in [3.8, 4) is 0 Å². The summed E-state index contributed by atoms with van der Waals surface area (Å²) in [6.45, 7) is 3.08. The van der Waals surface area contributed by atoms with E-state index in [1.165, 1.54) is 7.05 Å². The lowest BCUT2D eigenvalue weighted by molar-refractivity contribution is 0.0132. The first-order valence-corrected chi connectivity index (χ1v) is 5.86. The number of amides is 1. The summed E-state index contributed by atoms with van der Waals surface area (Å²) < 4.78 is 15.5. The fourth-order valence-electron chi connectivity index (χ4n) is 0.989. The highest BCUT2D eigenvalue weighted by atomic mass is 16.5. The van der Waals surface area contributed by atoms with Gasteiger partial charge in [0.2, 0.25) is 0 Å². The van der Waals surface area contributed by atoms with Crippen LogP contribution in [-0.4, -0.2) is 75.9 Å². The average molecular weight is 276 g/mol. The molecule has 0 fully saturated rings. The zero-order valence-corrected chi connectivity index (χ0v) is 11.0. The minimum absolute atomic E-state index is 0.316. The van der Waals surface area contributed by atoms with Gasteiger partial charge in [0, 0.05) is 25.0 Å². The second-order valence-corrected chi connectivity index (χ2v) is 3.50. The summed E-state index contributed by atoms with van der Waals surface area (Å²) in [5.74, 6) is 0. The van der Waals surface area contributed by atoms with Crippen LogP contribution in [0.4, 0.5) is 4.79 Å². The van der Waals surface area contributed by atoms with Crippen molar-refractivity contribution in [3.63, 3.8) is 0 Å². The van der Waals surface area contributed by atoms with Gasteiger partial charge in [-0.3, -0.25) is 0 Å². The zero-order valence-electron chi connectivity index (χ0n) is 11.0. The lowest BCUT2D eigenvalue weighted by Crippen LogP contribution is -2.28. The second-order valence-electron chi connectivity index (χ2n) is 3.50. The van der Waals surface area contributed by atoms with Gasteiger partial charge in [-0.25, -0.2) is 4.79 Å². The third-order valence-corrected chi connectivity index (χ3v) is 2.04. The molecule has 0 saturated heterocycles. The first kappa shape index (κ1) is 17.5. The molecule has 0 rings (SSSR count). The number of azide groups is 1. The van der Waals surface area contributed by atoms with Gasteiger partial charge in [0.15, 0.2) is 0 Å². The molecular weight excluding hydrogens is 256 g/mol. The Labute approximate surface area is 111 Å². The Kier molecular flexibility index (Phi) is 11.9. The van der Waals surface area contributed by atoms with E-state index in [1.807, 2.05) is 0 Å². The molecule has 110 valence electrons. The normalized spacial score (nSPS) is 9.95. The van der Waals surface area contributed by atoms with E-state index in [4.69, 9.17) is 24.8 Å². The van der Waals surface area contributed by atoms with Crippen LogP contribution >= 0.6 is 0 Å². The number of rotatable bonds is 12. The predicted molar refractivity (Wildman–Crippen MR) is 67.1 cm³/mol. The SMILES string of the molecule is CN(CCOCCOCCOCCN=[N+]=[N-])C(=O)O. The monoisotopic (exact) mass is 276 g/mol. The van der Waals surface area contributed by atoms with Crippen molar-refractivity contribution in [3.05, 3.63) is 10.4 Å². The molecule has 0 bridgehead atoms. The van der Waals surface area contributed by atoms with Gasteiger partial charge in [0.05, 0.1) is 39.6 Å². The van der Waals surface area contributed by atoms with Gasteiger partial charge in [-0.1, -0.05) is 5.11 Å². The third-order valence-electron chi connectivity index (χ3n) is 2.04. The zero-order chi connectivity index (χ0) is 14.3. The van der Waals surface area contributed by atoms with Gasteiger partial charge in [-0.2, -0.15) is 0 Å². The summed E-state index contributed by atoms with van der Waals surface area (Å²) in [6.07, 6.45) is -0.974. The van der Waals surface area contributed by atoms with E-state index in [0.29, 0.717) is 52.7 Å². The van der Waals surface area contributed by atoms with Crippen molar-refractivity contribution in [1.29, 1.82) is 0 Å². The van der Waals surface area contributed by atoms with Crippen LogP contribution in [0.2, 0.25) is 0 Å². The Bertz CT molecular complexity index is 283. The number of ether oxygens (including phenoxy) is 3. The third kappa shape index (κ3) is 12.7. The molecule has 0 heterocycles. The molecule has 0 saturated carbocycles. The molecule has 0 atom stereocenters. The smallest absolute Gasteiger partial charge is 0.407 e. The molecule has 0 aromatic carbocycles. The van der Waals surface area contributed by atoms with Crippen molar-refractivity contribution in [2.75, 3.05) is 59.8 Å². The van der Waals surface area contributed by atoms with E-state index in [-0.39, 0.29) is 0 Å². The Morgan fingerprint density at radius 3 is 2.21 bits per heavy atom. The summed E-state index contributed by atoms with van der Waals surface area (Å²) in [5.41, 5.74) is 8.00. The molecule has 1 N–H and O–H groups in total. The lowest BCUT2D eigenvalue weighted by atomic mass is 10.6. The maximum atomic E-state index is 10.4. The average Bonchev–Trinajstić information content (AvgIpc) is 2.39.